The van der Waals surface area contributed by atoms with Gasteiger partial charge in [0.1, 0.15) is 24.4 Å². The predicted octanol–water partition coefficient (Wildman–Crippen LogP) is -1.84. The summed E-state index contributed by atoms with van der Waals surface area (Å²) in [5, 5.41) is 66.0. The SMILES string of the molecule is O=C(/C=C/c1cc(O)c(O)c(O)c1)OC1O[C@H](CO)[C@@H](O)[C@H](O)[C@H]1O. The van der Waals surface area contributed by atoms with Gasteiger partial charge in [0.15, 0.2) is 17.2 Å². The third-order valence-corrected chi connectivity index (χ3v) is 3.58. The van der Waals surface area contributed by atoms with Crippen molar-refractivity contribution in [2.45, 2.75) is 30.7 Å². The second-order valence-corrected chi connectivity index (χ2v) is 5.38. The summed E-state index contributed by atoms with van der Waals surface area (Å²) in [6.07, 6.45) is -5.79. The van der Waals surface area contributed by atoms with Crippen molar-refractivity contribution in [2.24, 2.45) is 0 Å². The van der Waals surface area contributed by atoms with Crippen LogP contribution in [0, 0.1) is 0 Å². The number of esters is 1. The van der Waals surface area contributed by atoms with Crippen molar-refractivity contribution in [3.05, 3.63) is 23.8 Å². The van der Waals surface area contributed by atoms with E-state index in [2.05, 4.69) is 0 Å². The first-order valence-corrected chi connectivity index (χ1v) is 7.18. The number of phenolic OH excluding ortho intramolecular Hbond substituents is 3. The molecule has 1 aliphatic rings. The fourth-order valence-corrected chi connectivity index (χ4v) is 2.20. The van der Waals surface area contributed by atoms with Crippen LogP contribution in [0.4, 0.5) is 0 Å². The van der Waals surface area contributed by atoms with Crippen molar-refractivity contribution in [3.63, 3.8) is 0 Å². The summed E-state index contributed by atoms with van der Waals surface area (Å²) in [6, 6.07) is 2.15. The molecule has 0 bridgehead atoms. The summed E-state index contributed by atoms with van der Waals surface area (Å²) in [6.45, 7) is -0.666. The van der Waals surface area contributed by atoms with Gasteiger partial charge >= 0.3 is 5.97 Å². The van der Waals surface area contributed by atoms with Crippen LogP contribution >= 0.6 is 0 Å². The lowest BCUT2D eigenvalue weighted by Gasteiger charge is -2.38. The lowest BCUT2D eigenvalue weighted by atomic mass is 9.99. The molecular weight excluding hydrogens is 340 g/mol. The molecule has 1 aromatic carbocycles. The number of aliphatic hydroxyl groups excluding tert-OH is 4. The van der Waals surface area contributed by atoms with Crippen LogP contribution in [0.15, 0.2) is 18.2 Å². The van der Waals surface area contributed by atoms with Crippen molar-refractivity contribution >= 4 is 12.0 Å². The number of hydrogen-bond acceptors (Lipinski definition) is 10. The van der Waals surface area contributed by atoms with Gasteiger partial charge in [-0.25, -0.2) is 4.79 Å². The van der Waals surface area contributed by atoms with Crippen molar-refractivity contribution in [1.29, 1.82) is 0 Å². The summed E-state index contributed by atoms with van der Waals surface area (Å²) in [7, 11) is 0. The fourth-order valence-electron chi connectivity index (χ4n) is 2.20. The predicted molar refractivity (Wildman–Crippen MR) is 80.3 cm³/mol. The lowest BCUT2D eigenvalue weighted by Crippen LogP contribution is -2.59. The Bertz CT molecular complexity index is 633. The maximum Gasteiger partial charge on any atom is 0.333 e. The second-order valence-electron chi connectivity index (χ2n) is 5.38. The number of benzene rings is 1. The summed E-state index contributed by atoms with van der Waals surface area (Å²) in [4.78, 5) is 11.8. The second kappa shape index (κ2) is 7.68. The summed E-state index contributed by atoms with van der Waals surface area (Å²) in [5.41, 5.74) is 0.165. The molecule has 0 spiro atoms. The Morgan fingerprint density at radius 3 is 2.24 bits per heavy atom. The molecule has 1 aromatic rings. The largest absolute Gasteiger partial charge is 0.504 e. The maximum absolute atomic E-state index is 11.8. The van der Waals surface area contributed by atoms with Gasteiger partial charge in [0.2, 0.25) is 6.29 Å². The first-order chi connectivity index (χ1) is 11.7. The number of ether oxygens (including phenoxy) is 2. The van der Waals surface area contributed by atoms with Gasteiger partial charge in [-0.1, -0.05) is 0 Å². The molecule has 0 aliphatic carbocycles. The third kappa shape index (κ3) is 4.18. The van der Waals surface area contributed by atoms with Crippen LogP contribution in [-0.4, -0.2) is 79.0 Å². The normalized spacial score (nSPS) is 29.7. The van der Waals surface area contributed by atoms with E-state index in [0.717, 1.165) is 24.3 Å². The van der Waals surface area contributed by atoms with Crippen LogP contribution in [-0.2, 0) is 14.3 Å². The van der Waals surface area contributed by atoms with Crippen LogP contribution in [0.25, 0.3) is 6.08 Å². The lowest BCUT2D eigenvalue weighted by molar-refractivity contribution is -0.291. The highest BCUT2D eigenvalue weighted by molar-refractivity contribution is 5.87. The number of carbonyl (C=O) groups is 1. The molecular formula is C15H18O10. The maximum atomic E-state index is 11.8. The van der Waals surface area contributed by atoms with E-state index < -0.39 is 60.5 Å². The Morgan fingerprint density at radius 1 is 1.08 bits per heavy atom. The van der Waals surface area contributed by atoms with E-state index in [4.69, 9.17) is 14.6 Å². The zero-order valence-corrected chi connectivity index (χ0v) is 12.8. The molecule has 1 aliphatic heterocycles. The molecule has 7 N–H and O–H groups in total. The number of phenols is 3. The van der Waals surface area contributed by atoms with Gasteiger partial charge in [-0.2, -0.15) is 0 Å². The van der Waals surface area contributed by atoms with Gasteiger partial charge in [-0.15, -0.1) is 0 Å². The molecule has 0 aromatic heterocycles. The van der Waals surface area contributed by atoms with Crippen LogP contribution < -0.4 is 0 Å². The Kier molecular flexibility index (Phi) is 5.82. The standard InChI is InChI=1S/C15H18O10/c16-5-9-12(21)13(22)14(23)15(24-9)25-10(19)2-1-6-3-7(17)11(20)8(18)4-6/h1-4,9,12-18,20-23H,5H2/b2-1+/t9-,12-,13+,14-,15?/m1/s1. The summed E-state index contributed by atoms with van der Waals surface area (Å²) < 4.78 is 9.81. The zero-order chi connectivity index (χ0) is 18.7. The number of hydrogen-bond donors (Lipinski definition) is 7. The van der Waals surface area contributed by atoms with E-state index in [1.165, 1.54) is 0 Å². The van der Waals surface area contributed by atoms with Crippen LogP contribution in [0.1, 0.15) is 5.56 Å². The van der Waals surface area contributed by atoms with E-state index in [9.17, 15) is 35.4 Å². The molecule has 5 atom stereocenters. The molecule has 1 fully saturated rings. The molecule has 1 heterocycles. The van der Waals surface area contributed by atoms with Crippen LogP contribution in [0.2, 0.25) is 0 Å². The molecule has 25 heavy (non-hydrogen) atoms. The van der Waals surface area contributed by atoms with Gasteiger partial charge in [0.25, 0.3) is 0 Å². The van der Waals surface area contributed by atoms with Gasteiger partial charge in [-0.05, 0) is 23.8 Å². The third-order valence-electron chi connectivity index (χ3n) is 3.58. The minimum atomic E-state index is -1.73. The average molecular weight is 358 g/mol. The van der Waals surface area contributed by atoms with Gasteiger partial charge < -0.3 is 45.2 Å². The van der Waals surface area contributed by atoms with Crippen molar-refractivity contribution in [3.8, 4) is 17.2 Å². The minimum Gasteiger partial charge on any atom is -0.504 e. The molecule has 0 saturated carbocycles. The molecule has 1 saturated heterocycles. The molecule has 1 unspecified atom stereocenters. The number of aliphatic hydroxyl groups is 4. The highest BCUT2D eigenvalue weighted by atomic mass is 16.7. The monoisotopic (exact) mass is 358 g/mol. The summed E-state index contributed by atoms with van der Waals surface area (Å²) >= 11 is 0. The van der Waals surface area contributed by atoms with Crippen molar-refractivity contribution in [2.75, 3.05) is 6.61 Å². The highest BCUT2D eigenvalue weighted by Crippen LogP contribution is 2.35. The molecule has 2 rings (SSSR count). The summed E-state index contributed by atoms with van der Waals surface area (Å²) in [5.74, 6) is -2.90. The number of aromatic hydroxyl groups is 3. The minimum absolute atomic E-state index is 0.165. The Hall–Kier alpha value is -2.37. The van der Waals surface area contributed by atoms with E-state index in [1.807, 2.05) is 0 Å². The van der Waals surface area contributed by atoms with Crippen LogP contribution in [0.5, 0.6) is 17.2 Å². The van der Waals surface area contributed by atoms with Gasteiger partial charge in [-0.3, -0.25) is 0 Å². The van der Waals surface area contributed by atoms with Gasteiger partial charge in [0, 0.05) is 6.08 Å². The highest BCUT2D eigenvalue weighted by Gasteiger charge is 2.45. The first kappa shape index (κ1) is 19.0. The smallest absolute Gasteiger partial charge is 0.333 e. The molecule has 0 radical (unpaired) electrons. The first-order valence-electron chi connectivity index (χ1n) is 7.18. The number of rotatable bonds is 4. The van der Waals surface area contributed by atoms with Crippen molar-refractivity contribution < 1.29 is 50.0 Å². The topological polar surface area (TPSA) is 177 Å². The quantitative estimate of drug-likeness (QED) is 0.184. The van der Waals surface area contributed by atoms with E-state index in [0.29, 0.717) is 0 Å². The van der Waals surface area contributed by atoms with Crippen LogP contribution in [0.3, 0.4) is 0 Å². The van der Waals surface area contributed by atoms with E-state index in [1.54, 1.807) is 0 Å². The van der Waals surface area contributed by atoms with E-state index in [-0.39, 0.29) is 5.56 Å². The van der Waals surface area contributed by atoms with Gasteiger partial charge in [0.05, 0.1) is 6.61 Å². The Labute approximate surface area is 141 Å². The zero-order valence-electron chi connectivity index (χ0n) is 12.8. The molecule has 138 valence electrons. The number of carbonyl (C=O) groups excluding carboxylic acids is 1. The van der Waals surface area contributed by atoms with Crippen molar-refractivity contribution in [1.82, 2.24) is 0 Å². The Balaban J connectivity index is 2.04. The average Bonchev–Trinajstić information content (AvgIpc) is 2.58. The molecule has 0 amide bonds. The fraction of sp³-hybridized carbons (Fsp3) is 0.400. The Morgan fingerprint density at radius 2 is 1.68 bits per heavy atom. The molecule has 10 heteroatoms. The molecule has 10 nitrogen and oxygen atoms in total. The van der Waals surface area contributed by atoms with E-state index >= 15 is 0 Å².